The highest BCUT2D eigenvalue weighted by Gasteiger charge is 2.17. The molecule has 0 bridgehead atoms. The Balaban J connectivity index is 2.38. The predicted octanol–water partition coefficient (Wildman–Crippen LogP) is 3.06. The van der Waals surface area contributed by atoms with Gasteiger partial charge >= 0.3 is 0 Å². The molecule has 0 fully saturated rings. The van der Waals surface area contributed by atoms with Gasteiger partial charge in [-0.05, 0) is 17.8 Å². The summed E-state index contributed by atoms with van der Waals surface area (Å²) in [5.41, 5.74) is 0. The van der Waals surface area contributed by atoms with Crippen LogP contribution in [-0.4, -0.2) is 22.1 Å². The van der Waals surface area contributed by atoms with Crippen LogP contribution in [0.25, 0.3) is 0 Å². The summed E-state index contributed by atoms with van der Waals surface area (Å²) >= 11 is 7.30. The highest BCUT2D eigenvalue weighted by molar-refractivity contribution is 8.07. The monoisotopic (exact) mass is 221 g/mol. The van der Waals surface area contributed by atoms with Crippen LogP contribution < -0.4 is 0 Å². The Bertz CT molecular complexity index is 244. The minimum Gasteiger partial charge on any atom is -0.184 e. The van der Waals surface area contributed by atoms with E-state index in [-0.39, 0.29) is 0 Å². The molecule has 0 saturated carbocycles. The van der Waals surface area contributed by atoms with Crippen molar-refractivity contribution in [2.45, 2.75) is 14.1 Å². The molecule has 11 heavy (non-hydrogen) atoms. The fraction of sp³-hybridized carbons (Fsp3) is 0.500. The van der Waals surface area contributed by atoms with Gasteiger partial charge in [0, 0.05) is 11.5 Å². The zero-order chi connectivity index (χ0) is 7.68. The Hall–Kier alpha value is 0.680. The van der Waals surface area contributed by atoms with Crippen LogP contribution in [0.5, 0.6) is 0 Å². The molecule has 0 amide bonds. The molecule has 1 nitrogen and oxygen atoms in total. The van der Waals surface area contributed by atoms with Crippen LogP contribution in [0, 0.1) is 0 Å². The number of nitrogens with zero attached hydrogens (tertiary/aromatic N) is 1. The van der Waals surface area contributed by atoms with Crippen LogP contribution in [0.4, 0.5) is 0 Å². The van der Waals surface area contributed by atoms with Crippen molar-refractivity contribution in [2.24, 2.45) is 0 Å². The van der Waals surface area contributed by atoms with E-state index in [1.54, 1.807) is 23.3 Å². The summed E-state index contributed by atoms with van der Waals surface area (Å²) in [4.78, 5) is 1.43. The molecule has 1 aromatic rings. The van der Waals surface area contributed by atoms with E-state index >= 15 is 0 Å². The smallest absolute Gasteiger partial charge is 0.124 e. The molecule has 2 heterocycles. The minimum atomic E-state index is 1.22. The van der Waals surface area contributed by atoms with Gasteiger partial charge in [0.1, 0.15) is 5.03 Å². The first-order valence-corrected chi connectivity index (χ1v) is 7.18. The van der Waals surface area contributed by atoms with Gasteiger partial charge in [-0.25, -0.2) is 0 Å². The summed E-state index contributed by atoms with van der Waals surface area (Å²) in [6.07, 6.45) is 2.09. The zero-order valence-electron chi connectivity index (χ0n) is 5.99. The van der Waals surface area contributed by atoms with Crippen LogP contribution in [0.15, 0.2) is 14.1 Å². The number of thioether (sulfide) groups is 3. The molecular weight excluding hydrogens is 214 g/mol. The van der Waals surface area contributed by atoms with E-state index in [2.05, 4.69) is 10.6 Å². The van der Waals surface area contributed by atoms with Crippen molar-refractivity contribution in [3.05, 3.63) is 0 Å². The second kappa shape index (κ2) is 3.60. The molecule has 0 radical (unpaired) electrons. The molecule has 0 aromatic carbocycles. The summed E-state index contributed by atoms with van der Waals surface area (Å²) < 4.78 is 5.80. The van der Waals surface area contributed by atoms with Gasteiger partial charge in [0.25, 0.3) is 0 Å². The van der Waals surface area contributed by atoms with Gasteiger partial charge in [0.2, 0.25) is 0 Å². The third-order valence-electron chi connectivity index (χ3n) is 1.35. The lowest BCUT2D eigenvalue weighted by atomic mass is 10.7. The molecule has 0 atom stereocenters. The van der Waals surface area contributed by atoms with Crippen molar-refractivity contribution in [1.82, 2.24) is 4.37 Å². The van der Waals surface area contributed by atoms with Crippen LogP contribution in [0.1, 0.15) is 0 Å². The third kappa shape index (κ3) is 1.56. The van der Waals surface area contributed by atoms with Gasteiger partial charge < -0.3 is 0 Å². The standard InChI is InChI=1S/C6H7NS4/c1-8-5-4-6(11-7-5)10-3-2-9-4/h2-3H2,1H3. The Morgan fingerprint density at radius 3 is 3.00 bits per heavy atom. The number of rotatable bonds is 1. The first-order chi connectivity index (χ1) is 5.42. The molecule has 0 spiro atoms. The summed E-state index contributed by atoms with van der Waals surface area (Å²) in [6.45, 7) is 0. The van der Waals surface area contributed by atoms with Crippen LogP contribution >= 0.6 is 46.8 Å². The Morgan fingerprint density at radius 1 is 1.36 bits per heavy atom. The van der Waals surface area contributed by atoms with Crippen molar-refractivity contribution in [3.8, 4) is 0 Å². The normalized spacial score (nSPS) is 16.5. The fourth-order valence-corrected chi connectivity index (χ4v) is 5.41. The SMILES string of the molecule is CSc1nsc2c1SCCS2. The van der Waals surface area contributed by atoms with Gasteiger partial charge in [-0.15, -0.1) is 35.3 Å². The Morgan fingerprint density at radius 2 is 2.18 bits per heavy atom. The molecule has 1 aliphatic rings. The Labute approximate surface area is 82.9 Å². The minimum absolute atomic E-state index is 1.22. The molecule has 0 saturated heterocycles. The van der Waals surface area contributed by atoms with Gasteiger partial charge in [-0.2, -0.15) is 4.37 Å². The topological polar surface area (TPSA) is 12.9 Å². The van der Waals surface area contributed by atoms with Gasteiger partial charge in [0.05, 0.1) is 9.10 Å². The maximum atomic E-state index is 4.38. The summed E-state index contributed by atoms with van der Waals surface area (Å²) in [5.74, 6) is 2.48. The van der Waals surface area contributed by atoms with E-state index in [1.807, 2.05) is 23.5 Å². The quantitative estimate of drug-likeness (QED) is 0.676. The van der Waals surface area contributed by atoms with Crippen LogP contribution in [-0.2, 0) is 0 Å². The second-order valence-electron chi connectivity index (χ2n) is 2.01. The van der Waals surface area contributed by atoms with Gasteiger partial charge in [-0.1, -0.05) is 0 Å². The number of hydrogen-bond donors (Lipinski definition) is 0. The first-order valence-electron chi connectivity index (χ1n) is 3.21. The van der Waals surface area contributed by atoms with Crippen molar-refractivity contribution >= 4 is 46.8 Å². The molecular formula is C6H7NS4. The Kier molecular flexibility index (Phi) is 2.71. The molecule has 0 N–H and O–H groups in total. The maximum Gasteiger partial charge on any atom is 0.124 e. The lowest BCUT2D eigenvalue weighted by Gasteiger charge is -2.08. The van der Waals surface area contributed by atoms with E-state index in [9.17, 15) is 0 Å². The van der Waals surface area contributed by atoms with Crippen LogP contribution in [0.3, 0.4) is 0 Å². The summed E-state index contributed by atoms with van der Waals surface area (Å²) in [5, 5.41) is 1.22. The average molecular weight is 221 g/mol. The largest absolute Gasteiger partial charge is 0.184 e. The summed E-state index contributed by atoms with van der Waals surface area (Å²) in [6, 6.07) is 0. The van der Waals surface area contributed by atoms with E-state index in [4.69, 9.17) is 0 Å². The second-order valence-corrected chi connectivity index (χ2v) is 6.04. The average Bonchev–Trinajstić information content (AvgIpc) is 2.47. The van der Waals surface area contributed by atoms with Crippen molar-refractivity contribution < 1.29 is 0 Å². The molecule has 2 rings (SSSR count). The lowest BCUT2D eigenvalue weighted by molar-refractivity contribution is 1.12. The highest BCUT2D eigenvalue weighted by atomic mass is 32.2. The van der Waals surface area contributed by atoms with Crippen molar-refractivity contribution in [1.29, 1.82) is 0 Å². The molecule has 0 unspecified atom stereocenters. The lowest BCUT2D eigenvalue weighted by Crippen LogP contribution is -1.90. The van der Waals surface area contributed by atoms with Gasteiger partial charge in [0.15, 0.2) is 0 Å². The maximum absolute atomic E-state index is 4.38. The predicted molar refractivity (Wildman–Crippen MR) is 55.3 cm³/mol. The van der Waals surface area contributed by atoms with E-state index < -0.39 is 0 Å². The van der Waals surface area contributed by atoms with Crippen molar-refractivity contribution in [3.63, 3.8) is 0 Å². The van der Waals surface area contributed by atoms with Gasteiger partial charge in [-0.3, -0.25) is 0 Å². The number of fused-ring (bicyclic) bond motifs is 1. The number of aromatic nitrogens is 1. The van der Waals surface area contributed by atoms with E-state index in [0.717, 1.165) is 0 Å². The molecule has 5 heteroatoms. The van der Waals surface area contributed by atoms with E-state index in [0.29, 0.717) is 0 Å². The third-order valence-corrected chi connectivity index (χ3v) is 5.98. The highest BCUT2D eigenvalue weighted by Crippen LogP contribution is 2.44. The summed E-state index contributed by atoms with van der Waals surface area (Å²) in [7, 11) is 0. The first kappa shape index (κ1) is 8.29. The molecule has 0 aliphatic carbocycles. The molecule has 1 aliphatic heterocycles. The molecule has 1 aromatic heterocycles. The fourth-order valence-electron chi connectivity index (χ4n) is 0.874. The zero-order valence-corrected chi connectivity index (χ0v) is 9.26. The van der Waals surface area contributed by atoms with Crippen molar-refractivity contribution in [2.75, 3.05) is 17.8 Å². The van der Waals surface area contributed by atoms with Crippen LogP contribution in [0.2, 0.25) is 0 Å². The number of hydrogen-bond acceptors (Lipinski definition) is 5. The van der Waals surface area contributed by atoms with E-state index in [1.165, 1.54) is 25.6 Å². The molecule has 60 valence electrons.